The lowest BCUT2D eigenvalue weighted by Gasteiger charge is -2.35. The summed E-state index contributed by atoms with van der Waals surface area (Å²) in [5.41, 5.74) is 5.57. The summed E-state index contributed by atoms with van der Waals surface area (Å²) in [6, 6.07) is 5.94. The first-order valence-corrected chi connectivity index (χ1v) is 6.60. The Morgan fingerprint density at radius 3 is 2.72 bits per heavy atom. The van der Waals surface area contributed by atoms with Gasteiger partial charge in [-0.3, -0.25) is 4.90 Å². The van der Waals surface area contributed by atoms with Gasteiger partial charge in [-0.25, -0.2) is 0 Å². The van der Waals surface area contributed by atoms with E-state index < -0.39 is 0 Å². The Hall–Kier alpha value is -1.33. The van der Waals surface area contributed by atoms with E-state index in [4.69, 9.17) is 10.5 Å². The van der Waals surface area contributed by atoms with Gasteiger partial charge in [0.15, 0.2) is 0 Å². The highest BCUT2D eigenvalue weighted by Crippen LogP contribution is 2.17. The number of anilines is 1. The summed E-state index contributed by atoms with van der Waals surface area (Å²) in [6.45, 7) is 8.46. The van der Waals surface area contributed by atoms with Crippen LogP contribution in [0.2, 0.25) is 0 Å². The number of aromatic nitrogens is 1. The molecule has 1 aromatic rings. The molecule has 0 aromatic carbocycles. The monoisotopic (exact) mass is 250 g/mol. The van der Waals surface area contributed by atoms with Gasteiger partial charge in [0.1, 0.15) is 5.82 Å². The first-order chi connectivity index (χ1) is 8.83. The van der Waals surface area contributed by atoms with Crippen LogP contribution in [0.1, 0.15) is 6.92 Å². The average Bonchev–Trinajstić information content (AvgIpc) is 2.41. The molecule has 2 rings (SSSR count). The van der Waals surface area contributed by atoms with Gasteiger partial charge in [-0.2, -0.15) is 4.98 Å². The third-order valence-electron chi connectivity index (χ3n) is 3.14. The highest BCUT2D eigenvalue weighted by molar-refractivity contribution is 5.41. The SMILES string of the molecule is CCOc1cccc(N2CCN(CCN)CC2)n1. The summed E-state index contributed by atoms with van der Waals surface area (Å²) < 4.78 is 5.43. The molecule has 0 spiro atoms. The topological polar surface area (TPSA) is 54.6 Å². The van der Waals surface area contributed by atoms with Crippen LogP contribution in [-0.2, 0) is 0 Å². The lowest BCUT2D eigenvalue weighted by molar-refractivity contribution is 0.263. The van der Waals surface area contributed by atoms with Gasteiger partial charge in [-0.05, 0) is 13.0 Å². The highest BCUT2D eigenvalue weighted by Gasteiger charge is 2.17. The predicted molar refractivity (Wildman–Crippen MR) is 73.1 cm³/mol. The summed E-state index contributed by atoms with van der Waals surface area (Å²) in [4.78, 5) is 9.21. The van der Waals surface area contributed by atoms with Crippen molar-refractivity contribution in [3.8, 4) is 5.88 Å². The molecule has 0 saturated carbocycles. The maximum Gasteiger partial charge on any atom is 0.215 e. The predicted octanol–water partition coefficient (Wildman–Crippen LogP) is 0.561. The Morgan fingerprint density at radius 1 is 1.28 bits per heavy atom. The van der Waals surface area contributed by atoms with E-state index >= 15 is 0 Å². The van der Waals surface area contributed by atoms with Crippen molar-refractivity contribution >= 4 is 5.82 Å². The number of piperazine rings is 1. The minimum Gasteiger partial charge on any atom is -0.478 e. The van der Waals surface area contributed by atoms with Crippen LogP contribution in [0.5, 0.6) is 5.88 Å². The number of ether oxygens (including phenoxy) is 1. The molecule has 0 aliphatic carbocycles. The van der Waals surface area contributed by atoms with Gasteiger partial charge in [-0.1, -0.05) is 6.07 Å². The van der Waals surface area contributed by atoms with Crippen LogP contribution in [0.4, 0.5) is 5.82 Å². The van der Waals surface area contributed by atoms with E-state index in [1.807, 2.05) is 25.1 Å². The van der Waals surface area contributed by atoms with E-state index in [9.17, 15) is 0 Å². The van der Waals surface area contributed by atoms with Gasteiger partial charge in [-0.15, -0.1) is 0 Å². The van der Waals surface area contributed by atoms with Crippen molar-refractivity contribution in [2.75, 3.05) is 50.8 Å². The molecule has 1 saturated heterocycles. The van der Waals surface area contributed by atoms with E-state index in [-0.39, 0.29) is 0 Å². The van der Waals surface area contributed by atoms with Crippen LogP contribution >= 0.6 is 0 Å². The third-order valence-corrected chi connectivity index (χ3v) is 3.14. The standard InChI is InChI=1S/C13H22N4O/c1-2-18-13-5-3-4-12(15-13)17-10-8-16(7-6-14)9-11-17/h3-5H,2,6-11,14H2,1H3. The average molecular weight is 250 g/mol. The molecule has 2 heterocycles. The fraction of sp³-hybridized carbons (Fsp3) is 0.615. The number of hydrogen-bond acceptors (Lipinski definition) is 5. The Morgan fingerprint density at radius 2 is 2.06 bits per heavy atom. The molecule has 0 atom stereocenters. The van der Waals surface area contributed by atoms with E-state index in [2.05, 4.69) is 14.8 Å². The van der Waals surface area contributed by atoms with Crippen molar-refractivity contribution < 1.29 is 4.74 Å². The van der Waals surface area contributed by atoms with E-state index in [1.54, 1.807) is 0 Å². The van der Waals surface area contributed by atoms with Gasteiger partial charge in [0, 0.05) is 45.3 Å². The molecule has 100 valence electrons. The van der Waals surface area contributed by atoms with Crippen molar-refractivity contribution in [2.24, 2.45) is 5.73 Å². The van der Waals surface area contributed by atoms with Crippen molar-refractivity contribution in [3.63, 3.8) is 0 Å². The molecule has 18 heavy (non-hydrogen) atoms. The molecule has 0 radical (unpaired) electrons. The van der Waals surface area contributed by atoms with Crippen LogP contribution in [0.25, 0.3) is 0 Å². The quantitative estimate of drug-likeness (QED) is 0.827. The molecule has 1 aliphatic rings. The molecule has 1 aromatic heterocycles. The second kappa shape index (κ2) is 6.56. The number of nitrogens with zero attached hydrogens (tertiary/aromatic N) is 3. The van der Waals surface area contributed by atoms with Crippen LogP contribution in [-0.4, -0.2) is 55.8 Å². The molecule has 5 heteroatoms. The molecule has 0 amide bonds. The van der Waals surface area contributed by atoms with E-state index in [0.29, 0.717) is 12.5 Å². The minimum atomic E-state index is 0.654. The van der Waals surface area contributed by atoms with Crippen LogP contribution in [0.15, 0.2) is 18.2 Å². The zero-order valence-corrected chi connectivity index (χ0v) is 11.0. The normalized spacial score (nSPS) is 16.9. The fourth-order valence-electron chi connectivity index (χ4n) is 2.19. The fourth-order valence-corrected chi connectivity index (χ4v) is 2.19. The largest absolute Gasteiger partial charge is 0.478 e. The molecule has 1 fully saturated rings. The van der Waals surface area contributed by atoms with Crippen molar-refractivity contribution in [3.05, 3.63) is 18.2 Å². The molecular weight excluding hydrogens is 228 g/mol. The van der Waals surface area contributed by atoms with Crippen LogP contribution in [0, 0.1) is 0 Å². The van der Waals surface area contributed by atoms with Gasteiger partial charge in [0.2, 0.25) is 5.88 Å². The Kier molecular flexibility index (Phi) is 4.78. The zero-order chi connectivity index (χ0) is 12.8. The Labute approximate surface area is 109 Å². The Bertz CT molecular complexity index is 364. The smallest absolute Gasteiger partial charge is 0.215 e. The lowest BCUT2D eigenvalue weighted by atomic mass is 10.3. The van der Waals surface area contributed by atoms with Crippen molar-refractivity contribution in [1.29, 1.82) is 0 Å². The first-order valence-electron chi connectivity index (χ1n) is 6.60. The van der Waals surface area contributed by atoms with Crippen LogP contribution in [0.3, 0.4) is 0 Å². The summed E-state index contributed by atoms with van der Waals surface area (Å²) in [6.07, 6.45) is 0. The summed E-state index contributed by atoms with van der Waals surface area (Å²) >= 11 is 0. The van der Waals surface area contributed by atoms with Crippen molar-refractivity contribution in [2.45, 2.75) is 6.92 Å². The molecule has 5 nitrogen and oxygen atoms in total. The minimum absolute atomic E-state index is 0.654. The van der Waals surface area contributed by atoms with Gasteiger partial charge >= 0.3 is 0 Å². The lowest BCUT2D eigenvalue weighted by Crippen LogP contribution is -2.48. The molecule has 1 aliphatic heterocycles. The second-order valence-corrected chi connectivity index (χ2v) is 4.38. The maximum absolute atomic E-state index is 5.57. The van der Waals surface area contributed by atoms with Crippen molar-refractivity contribution in [1.82, 2.24) is 9.88 Å². The second-order valence-electron chi connectivity index (χ2n) is 4.38. The van der Waals surface area contributed by atoms with Gasteiger partial charge < -0.3 is 15.4 Å². The molecule has 0 bridgehead atoms. The van der Waals surface area contributed by atoms with Gasteiger partial charge in [0.25, 0.3) is 0 Å². The molecular formula is C13H22N4O. The van der Waals surface area contributed by atoms with Crippen LogP contribution < -0.4 is 15.4 Å². The summed E-state index contributed by atoms with van der Waals surface area (Å²) in [5.74, 6) is 1.72. The van der Waals surface area contributed by atoms with E-state index in [1.165, 1.54) is 0 Å². The summed E-state index contributed by atoms with van der Waals surface area (Å²) in [7, 11) is 0. The number of hydrogen-bond donors (Lipinski definition) is 1. The molecule has 0 unspecified atom stereocenters. The maximum atomic E-state index is 5.57. The number of nitrogens with two attached hydrogens (primary N) is 1. The van der Waals surface area contributed by atoms with E-state index in [0.717, 1.165) is 45.1 Å². The Balaban J connectivity index is 1.94. The summed E-state index contributed by atoms with van der Waals surface area (Å²) in [5, 5.41) is 0. The number of rotatable bonds is 5. The first kappa shape index (κ1) is 13.1. The molecule has 2 N–H and O–H groups in total. The van der Waals surface area contributed by atoms with Gasteiger partial charge in [0.05, 0.1) is 6.61 Å². The number of pyridine rings is 1. The highest BCUT2D eigenvalue weighted by atomic mass is 16.5. The third kappa shape index (κ3) is 3.34. The zero-order valence-electron chi connectivity index (χ0n) is 11.0.